The predicted molar refractivity (Wildman–Crippen MR) is 70.3 cm³/mol. The van der Waals surface area contributed by atoms with Gasteiger partial charge in [-0.15, -0.1) is 0 Å². The first-order valence-corrected chi connectivity index (χ1v) is 6.45. The number of ether oxygens (including phenoxy) is 1. The highest BCUT2D eigenvalue weighted by Crippen LogP contribution is 2.29. The van der Waals surface area contributed by atoms with Gasteiger partial charge in [-0.25, -0.2) is 0 Å². The Labute approximate surface area is 104 Å². The lowest BCUT2D eigenvalue weighted by Gasteiger charge is -2.38. The lowest BCUT2D eigenvalue weighted by Crippen LogP contribution is -2.42. The maximum atomic E-state index is 5.86. The normalized spacial score (nSPS) is 29.0. The number of hydrogen-bond donors (Lipinski definition) is 1. The molecule has 1 aromatic rings. The minimum absolute atomic E-state index is 0.0338. The Bertz CT molecular complexity index is 380. The molecule has 1 N–H and O–H groups in total. The summed E-state index contributed by atoms with van der Waals surface area (Å²) >= 11 is 0. The molecule has 3 heteroatoms. The highest BCUT2D eigenvalue weighted by molar-refractivity contribution is 5.47. The van der Waals surface area contributed by atoms with Gasteiger partial charge >= 0.3 is 0 Å². The summed E-state index contributed by atoms with van der Waals surface area (Å²) in [6.07, 6.45) is 5.04. The van der Waals surface area contributed by atoms with Gasteiger partial charge in [-0.05, 0) is 45.2 Å². The zero-order valence-electron chi connectivity index (χ0n) is 11.0. The van der Waals surface area contributed by atoms with E-state index in [1.165, 1.54) is 0 Å². The minimum atomic E-state index is 0.0338. The number of aromatic nitrogens is 1. The van der Waals surface area contributed by atoms with E-state index >= 15 is 0 Å². The summed E-state index contributed by atoms with van der Waals surface area (Å²) in [6.45, 7) is 7.29. The second-order valence-electron chi connectivity index (χ2n) is 5.12. The molecule has 0 amide bonds. The molecule has 0 saturated carbocycles. The Morgan fingerprint density at radius 3 is 3.12 bits per heavy atom. The van der Waals surface area contributed by atoms with Crippen LogP contribution in [0.25, 0.3) is 0 Å². The molecule has 2 heterocycles. The van der Waals surface area contributed by atoms with E-state index in [0.717, 1.165) is 37.3 Å². The van der Waals surface area contributed by atoms with Crippen LogP contribution in [0.4, 0.5) is 5.69 Å². The van der Waals surface area contributed by atoms with Crippen molar-refractivity contribution in [3.05, 3.63) is 24.0 Å². The first-order chi connectivity index (χ1) is 8.13. The van der Waals surface area contributed by atoms with Crippen molar-refractivity contribution in [3.8, 4) is 0 Å². The van der Waals surface area contributed by atoms with Gasteiger partial charge in [0.25, 0.3) is 0 Å². The summed E-state index contributed by atoms with van der Waals surface area (Å²) in [6, 6.07) is 4.57. The van der Waals surface area contributed by atoms with Crippen LogP contribution in [0.5, 0.6) is 0 Å². The van der Waals surface area contributed by atoms with Gasteiger partial charge in [0.05, 0.1) is 17.0 Å². The van der Waals surface area contributed by atoms with Crippen molar-refractivity contribution in [1.82, 2.24) is 4.98 Å². The van der Waals surface area contributed by atoms with Gasteiger partial charge in [0.1, 0.15) is 0 Å². The largest absolute Gasteiger partial charge is 0.381 e. The first kappa shape index (κ1) is 12.4. The van der Waals surface area contributed by atoms with Crippen molar-refractivity contribution < 1.29 is 4.74 Å². The van der Waals surface area contributed by atoms with E-state index in [4.69, 9.17) is 4.74 Å². The number of nitrogens with zero attached hydrogens (tertiary/aromatic N) is 1. The fourth-order valence-electron chi connectivity index (χ4n) is 2.36. The highest BCUT2D eigenvalue weighted by Gasteiger charge is 2.31. The molecule has 2 unspecified atom stereocenters. The zero-order valence-corrected chi connectivity index (χ0v) is 11.0. The summed E-state index contributed by atoms with van der Waals surface area (Å²) < 4.78 is 5.86. The maximum absolute atomic E-state index is 5.86. The van der Waals surface area contributed by atoms with Gasteiger partial charge in [0.2, 0.25) is 0 Å². The summed E-state index contributed by atoms with van der Waals surface area (Å²) in [5.74, 6) is 0. The molecule has 0 aliphatic carbocycles. The van der Waals surface area contributed by atoms with Crippen molar-refractivity contribution in [1.29, 1.82) is 0 Å². The number of hydrogen-bond acceptors (Lipinski definition) is 3. The molecule has 0 bridgehead atoms. The predicted octanol–water partition coefficient (Wildman–Crippen LogP) is 3.15. The van der Waals surface area contributed by atoms with E-state index in [1.54, 1.807) is 0 Å². The van der Waals surface area contributed by atoms with E-state index < -0.39 is 0 Å². The molecule has 0 radical (unpaired) electrons. The summed E-state index contributed by atoms with van der Waals surface area (Å²) in [7, 11) is 0. The average Bonchev–Trinajstić information content (AvgIpc) is 2.32. The number of pyridine rings is 1. The Morgan fingerprint density at radius 1 is 1.59 bits per heavy atom. The zero-order chi connectivity index (χ0) is 12.3. The summed E-state index contributed by atoms with van der Waals surface area (Å²) in [5.41, 5.74) is 2.25. The van der Waals surface area contributed by atoms with Crippen molar-refractivity contribution in [3.63, 3.8) is 0 Å². The van der Waals surface area contributed by atoms with E-state index in [1.807, 2.05) is 19.2 Å². The Morgan fingerprint density at radius 2 is 2.41 bits per heavy atom. The quantitative estimate of drug-likeness (QED) is 0.872. The van der Waals surface area contributed by atoms with Crippen LogP contribution in [-0.2, 0) is 4.74 Å². The average molecular weight is 234 g/mol. The molecule has 1 saturated heterocycles. The molecule has 1 aliphatic heterocycles. The molecular weight excluding hydrogens is 212 g/mol. The van der Waals surface area contributed by atoms with Crippen LogP contribution in [0.1, 0.15) is 38.8 Å². The fourth-order valence-corrected chi connectivity index (χ4v) is 2.36. The van der Waals surface area contributed by atoms with Crippen LogP contribution in [0.3, 0.4) is 0 Å². The second-order valence-corrected chi connectivity index (χ2v) is 5.12. The molecule has 94 valence electrons. The molecule has 2 rings (SSSR count). The third-order valence-electron chi connectivity index (χ3n) is 3.71. The number of nitrogens with one attached hydrogen (secondary N) is 1. The van der Waals surface area contributed by atoms with E-state index in [2.05, 4.69) is 30.2 Å². The smallest absolute Gasteiger partial charge is 0.0671 e. The molecule has 17 heavy (non-hydrogen) atoms. The lowest BCUT2D eigenvalue weighted by atomic mass is 9.90. The van der Waals surface area contributed by atoms with Crippen LogP contribution >= 0.6 is 0 Å². The third-order valence-corrected chi connectivity index (χ3v) is 3.71. The van der Waals surface area contributed by atoms with E-state index in [9.17, 15) is 0 Å². The van der Waals surface area contributed by atoms with Gasteiger partial charge in [-0.1, -0.05) is 6.92 Å². The molecule has 1 fully saturated rings. The molecule has 3 nitrogen and oxygen atoms in total. The second kappa shape index (κ2) is 5.05. The van der Waals surface area contributed by atoms with Gasteiger partial charge in [0, 0.05) is 18.8 Å². The maximum Gasteiger partial charge on any atom is 0.0671 e. The molecule has 0 spiro atoms. The molecule has 2 atom stereocenters. The van der Waals surface area contributed by atoms with Gasteiger partial charge in [0.15, 0.2) is 0 Å². The third kappa shape index (κ3) is 2.97. The Hall–Kier alpha value is -1.09. The van der Waals surface area contributed by atoms with Crippen molar-refractivity contribution in [2.24, 2.45) is 0 Å². The van der Waals surface area contributed by atoms with Gasteiger partial charge in [-0.3, -0.25) is 4.98 Å². The minimum Gasteiger partial charge on any atom is -0.381 e. The van der Waals surface area contributed by atoms with Crippen molar-refractivity contribution in [2.45, 2.75) is 51.7 Å². The SMILES string of the molecule is CCC1(C)CC(Nc2cccnc2C)CCO1. The summed E-state index contributed by atoms with van der Waals surface area (Å²) in [4.78, 5) is 4.31. The lowest BCUT2D eigenvalue weighted by molar-refractivity contribution is -0.0708. The Kier molecular flexibility index (Phi) is 3.67. The molecule has 1 aromatic heterocycles. The number of aryl methyl sites for hydroxylation is 1. The van der Waals surface area contributed by atoms with Crippen LogP contribution in [-0.4, -0.2) is 23.2 Å². The number of rotatable bonds is 3. The van der Waals surface area contributed by atoms with E-state index in [0.29, 0.717) is 6.04 Å². The highest BCUT2D eigenvalue weighted by atomic mass is 16.5. The Balaban J connectivity index is 2.02. The molecule has 1 aliphatic rings. The molecular formula is C14H22N2O. The fraction of sp³-hybridized carbons (Fsp3) is 0.643. The van der Waals surface area contributed by atoms with Crippen molar-refractivity contribution in [2.75, 3.05) is 11.9 Å². The number of anilines is 1. The van der Waals surface area contributed by atoms with E-state index in [-0.39, 0.29) is 5.60 Å². The van der Waals surface area contributed by atoms with Crippen LogP contribution in [0.15, 0.2) is 18.3 Å². The first-order valence-electron chi connectivity index (χ1n) is 6.45. The van der Waals surface area contributed by atoms with Crippen LogP contribution < -0.4 is 5.32 Å². The monoisotopic (exact) mass is 234 g/mol. The van der Waals surface area contributed by atoms with Crippen LogP contribution in [0.2, 0.25) is 0 Å². The molecule has 0 aromatic carbocycles. The topological polar surface area (TPSA) is 34.2 Å². The van der Waals surface area contributed by atoms with Crippen molar-refractivity contribution >= 4 is 5.69 Å². The van der Waals surface area contributed by atoms with Gasteiger partial charge in [-0.2, -0.15) is 0 Å². The standard InChI is InChI=1S/C14H22N2O/c1-4-14(3)10-12(7-9-17-14)16-13-6-5-8-15-11(13)2/h5-6,8,12,16H,4,7,9-10H2,1-3H3. The summed E-state index contributed by atoms with van der Waals surface area (Å²) in [5, 5.41) is 3.60. The van der Waals surface area contributed by atoms with Crippen LogP contribution in [0, 0.1) is 6.92 Å². The van der Waals surface area contributed by atoms with Gasteiger partial charge < -0.3 is 10.1 Å².